The fourth-order valence-electron chi connectivity index (χ4n) is 0.797. The molecule has 0 aromatic carbocycles. The van der Waals surface area contributed by atoms with Crippen LogP contribution in [-0.2, 0) is 0 Å². The van der Waals surface area contributed by atoms with Crippen LogP contribution in [0.2, 0.25) is 5.15 Å². The Hall–Kier alpha value is -1.23. The number of halogens is 3. The summed E-state index contributed by atoms with van der Waals surface area (Å²) in [7, 11) is 0. The van der Waals surface area contributed by atoms with Crippen molar-refractivity contribution in [2.24, 2.45) is 0 Å². The fraction of sp³-hybridized carbons (Fsp3) is 0.143. The van der Waals surface area contributed by atoms with E-state index in [9.17, 15) is 13.6 Å². The topological polar surface area (TPSA) is 50.2 Å². The maximum Gasteiger partial charge on any atom is 0.337 e. The molecule has 0 aliphatic carbocycles. The van der Waals surface area contributed by atoms with Gasteiger partial charge in [-0.05, 0) is 12.1 Å². The second-order valence-corrected chi connectivity index (χ2v) is 2.56. The molecule has 0 saturated heterocycles. The molecule has 13 heavy (non-hydrogen) atoms. The fourth-order valence-corrected chi connectivity index (χ4v) is 0.951. The highest BCUT2D eigenvalue weighted by molar-refractivity contribution is 6.29. The lowest BCUT2D eigenvalue weighted by Gasteiger charge is -2.03. The first-order valence-electron chi connectivity index (χ1n) is 3.20. The lowest BCUT2D eigenvalue weighted by atomic mass is 10.2. The quantitative estimate of drug-likeness (QED) is 0.758. The Balaban J connectivity index is 3.26. The number of alkyl halides is 2. The molecule has 1 heterocycles. The third kappa shape index (κ3) is 2.12. The van der Waals surface area contributed by atoms with E-state index < -0.39 is 23.7 Å². The van der Waals surface area contributed by atoms with Crippen LogP contribution in [0.25, 0.3) is 0 Å². The van der Waals surface area contributed by atoms with Gasteiger partial charge in [0.2, 0.25) is 0 Å². The molecule has 0 fully saturated rings. The maximum atomic E-state index is 12.2. The van der Waals surface area contributed by atoms with Gasteiger partial charge in [0.15, 0.2) is 0 Å². The van der Waals surface area contributed by atoms with Crippen molar-refractivity contribution in [1.82, 2.24) is 4.98 Å². The maximum absolute atomic E-state index is 12.2. The highest BCUT2D eigenvalue weighted by atomic mass is 35.5. The molecule has 6 heteroatoms. The number of carboxylic acid groups (broad SMARTS) is 1. The van der Waals surface area contributed by atoms with Crippen molar-refractivity contribution in [2.45, 2.75) is 6.43 Å². The molecule has 0 amide bonds. The number of aromatic nitrogens is 1. The first-order valence-corrected chi connectivity index (χ1v) is 3.58. The average molecular weight is 208 g/mol. The van der Waals surface area contributed by atoms with Gasteiger partial charge in [-0.25, -0.2) is 18.6 Å². The van der Waals surface area contributed by atoms with Crippen LogP contribution in [0.3, 0.4) is 0 Å². The summed E-state index contributed by atoms with van der Waals surface area (Å²) in [5.41, 5.74) is -1.33. The number of aromatic carboxylic acids is 1. The Morgan fingerprint density at radius 2 is 2.15 bits per heavy atom. The Kier molecular flexibility index (Phi) is 2.77. The van der Waals surface area contributed by atoms with E-state index in [4.69, 9.17) is 16.7 Å². The zero-order valence-electron chi connectivity index (χ0n) is 6.17. The summed E-state index contributed by atoms with van der Waals surface area (Å²) in [4.78, 5) is 13.6. The lowest BCUT2D eigenvalue weighted by molar-refractivity contribution is 0.0682. The number of carboxylic acids is 1. The van der Waals surface area contributed by atoms with Crippen LogP contribution in [0.5, 0.6) is 0 Å². The predicted octanol–water partition coefficient (Wildman–Crippen LogP) is 2.37. The first-order chi connectivity index (χ1) is 6.02. The van der Waals surface area contributed by atoms with Crippen molar-refractivity contribution in [2.75, 3.05) is 0 Å². The van der Waals surface area contributed by atoms with E-state index in [0.717, 1.165) is 12.1 Å². The van der Waals surface area contributed by atoms with Crippen molar-refractivity contribution in [1.29, 1.82) is 0 Å². The van der Waals surface area contributed by atoms with Gasteiger partial charge in [0.25, 0.3) is 6.43 Å². The van der Waals surface area contributed by atoms with E-state index in [1.165, 1.54) is 0 Å². The summed E-state index contributed by atoms with van der Waals surface area (Å²) in [6, 6.07) is 2.15. The van der Waals surface area contributed by atoms with Crippen molar-refractivity contribution in [3.8, 4) is 0 Å². The molecule has 1 N–H and O–H groups in total. The molecule has 0 radical (unpaired) electrons. The average Bonchev–Trinajstić information content (AvgIpc) is 2.03. The van der Waals surface area contributed by atoms with E-state index in [0.29, 0.717) is 0 Å². The third-order valence-corrected chi connectivity index (χ3v) is 1.54. The van der Waals surface area contributed by atoms with Crippen LogP contribution in [-0.4, -0.2) is 16.1 Å². The van der Waals surface area contributed by atoms with Crippen molar-refractivity contribution >= 4 is 17.6 Å². The Labute approximate surface area is 77.0 Å². The van der Waals surface area contributed by atoms with E-state index in [2.05, 4.69) is 4.98 Å². The van der Waals surface area contributed by atoms with Crippen LogP contribution in [0, 0.1) is 0 Å². The largest absolute Gasteiger partial charge is 0.478 e. The third-order valence-electron chi connectivity index (χ3n) is 1.33. The first kappa shape index (κ1) is 9.85. The molecule has 1 aromatic rings. The Bertz CT molecular complexity index is 343. The minimum absolute atomic E-state index is 0.152. The molecule has 0 spiro atoms. The summed E-state index contributed by atoms with van der Waals surface area (Å²) in [6.07, 6.45) is -2.94. The molecule has 0 unspecified atom stereocenters. The van der Waals surface area contributed by atoms with Gasteiger partial charge >= 0.3 is 5.97 Å². The Morgan fingerprint density at radius 1 is 1.54 bits per heavy atom. The number of nitrogens with zero attached hydrogens (tertiary/aromatic N) is 1. The second-order valence-electron chi connectivity index (χ2n) is 2.17. The standard InChI is InChI=1S/C7H4ClF2NO2/c8-4-2-1-3(7(12)13)5(11-4)6(9)10/h1-2,6H,(H,12,13). The van der Waals surface area contributed by atoms with E-state index in [1.54, 1.807) is 0 Å². The van der Waals surface area contributed by atoms with Gasteiger partial charge in [-0.3, -0.25) is 0 Å². The number of carbonyl (C=O) groups is 1. The number of pyridine rings is 1. The number of hydrogen-bond acceptors (Lipinski definition) is 2. The molecule has 0 aliphatic rings. The van der Waals surface area contributed by atoms with Gasteiger partial charge in [0, 0.05) is 0 Å². The molecule has 0 bridgehead atoms. The van der Waals surface area contributed by atoms with Crippen LogP contribution in [0.4, 0.5) is 8.78 Å². The normalized spacial score (nSPS) is 10.5. The Morgan fingerprint density at radius 3 is 2.62 bits per heavy atom. The molecule has 1 rings (SSSR count). The van der Waals surface area contributed by atoms with Gasteiger partial charge < -0.3 is 5.11 Å². The monoisotopic (exact) mass is 207 g/mol. The van der Waals surface area contributed by atoms with Crippen molar-refractivity contribution in [3.63, 3.8) is 0 Å². The SMILES string of the molecule is O=C(O)c1ccc(Cl)nc1C(F)F. The summed E-state index contributed by atoms with van der Waals surface area (Å²) in [5.74, 6) is -1.44. The van der Waals surface area contributed by atoms with Gasteiger partial charge in [-0.15, -0.1) is 0 Å². The zero-order valence-corrected chi connectivity index (χ0v) is 6.92. The van der Waals surface area contributed by atoms with Crippen LogP contribution in [0.15, 0.2) is 12.1 Å². The second kappa shape index (κ2) is 3.66. The van der Waals surface area contributed by atoms with Crippen LogP contribution in [0.1, 0.15) is 22.5 Å². The van der Waals surface area contributed by atoms with Gasteiger partial charge in [0.1, 0.15) is 10.8 Å². The molecule has 0 aliphatic heterocycles. The summed E-state index contributed by atoms with van der Waals surface area (Å²) in [5, 5.41) is 8.34. The molecule has 0 saturated carbocycles. The van der Waals surface area contributed by atoms with E-state index >= 15 is 0 Å². The zero-order chi connectivity index (χ0) is 10.0. The molecule has 0 atom stereocenters. The molecular formula is C7H4ClF2NO2. The predicted molar refractivity (Wildman–Crippen MR) is 41.2 cm³/mol. The van der Waals surface area contributed by atoms with E-state index in [-0.39, 0.29) is 5.15 Å². The van der Waals surface area contributed by atoms with Crippen molar-refractivity contribution < 1.29 is 18.7 Å². The smallest absolute Gasteiger partial charge is 0.337 e. The lowest BCUT2D eigenvalue weighted by Crippen LogP contribution is -2.05. The molecule has 70 valence electrons. The molecular weight excluding hydrogens is 204 g/mol. The number of rotatable bonds is 2. The van der Waals surface area contributed by atoms with Crippen LogP contribution >= 0.6 is 11.6 Å². The van der Waals surface area contributed by atoms with Gasteiger partial charge in [-0.1, -0.05) is 11.6 Å². The van der Waals surface area contributed by atoms with Crippen LogP contribution < -0.4 is 0 Å². The highest BCUT2D eigenvalue weighted by Gasteiger charge is 2.19. The van der Waals surface area contributed by atoms with Gasteiger partial charge in [-0.2, -0.15) is 0 Å². The van der Waals surface area contributed by atoms with E-state index in [1.807, 2.05) is 0 Å². The summed E-state index contributed by atoms with van der Waals surface area (Å²) >= 11 is 5.33. The highest BCUT2D eigenvalue weighted by Crippen LogP contribution is 2.22. The van der Waals surface area contributed by atoms with Gasteiger partial charge in [0.05, 0.1) is 5.56 Å². The molecule has 3 nitrogen and oxygen atoms in total. The molecule has 1 aromatic heterocycles. The minimum Gasteiger partial charge on any atom is -0.478 e. The number of hydrogen-bond donors (Lipinski definition) is 1. The van der Waals surface area contributed by atoms with Crippen molar-refractivity contribution in [3.05, 3.63) is 28.5 Å². The summed E-state index contributed by atoms with van der Waals surface area (Å²) in [6.45, 7) is 0. The summed E-state index contributed by atoms with van der Waals surface area (Å²) < 4.78 is 24.4. The minimum atomic E-state index is -2.94.